The maximum Gasteiger partial charge on any atom is 0.227 e. The average molecular weight is 259 g/mol. The molecule has 0 radical (unpaired) electrons. The van der Waals surface area contributed by atoms with E-state index < -0.39 is 5.91 Å². The molecular weight excluding hydrogens is 226 g/mol. The molecule has 0 aliphatic carbocycles. The predicted octanol–water partition coefficient (Wildman–Crippen LogP) is 4.07. The molecule has 18 heavy (non-hydrogen) atoms. The summed E-state index contributed by atoms with van der Waals surface area (Å²) in [7, 11) is 1.91. The van der Waals surface area contributed by atoms with Gasteiger partial charge < -0.3 is 9.47 Å². The molecule has 0 atom stereocenters. The lowest BCUT2D eigenvalue weighted by atomic mass is 10.1. The van der Waals surface area contributed by atoms with Crippen LogP contribution in [0.5, 0.6) is 0 Å². The van der Waals surface area contributed by atoms with Gasteiger partial charge in [0.05, 0.1) is 0 Å². The normalized spacial score (nSPS) is 12.0. The molecule has 0 aromatic heterocycles. The Morgan fingerprint density at radius 1 is 0.778 bits per heavy atom. The third-order valence-electron chi connectivity index (χ3n) is 3.25. The Bertz CT molecular complexity index is 168. The number of ether oxygens (including phenoxy) is 2. The van der Waals surface area contributed by atoms with E-state index in [1.54, 1.807) is 0 Å². The molecule has 0 spiro atoms. The van der Waals surface area contributed by atoms with Crippen LogP contribution in [0, 0.1) is 0 Å². The molecule has 0 aliphatic heterocycles. The summed E-state index contributed by atoms with van der Waals surface area (Å²) >= 11 is 0. The van der Waals surface area contributed by atoms with Crippen LogP contribution < -0.4 is 5.32 Å². The summed E-state index contributed by atoms with van der Waals surface area (Å²) in [6.45, 7) is 7.63. The van der Waals surface area contributed by atoms with Crippen LogP contribution in [0.2, 0.25) is 0 Å². The third-order valence-corrected chi connectivity index (χ3v) is 3.25. The van der Waals surface area contributed by atoms with Crippen LogP contribution in [0.25, 0.3) is 0 Å². The predicted molar refractivity (Wildman–Crippen MR) is 77.7 cm³/mol. The second-order valence-corrected chi connectivity index (χ2v) is 4.74. The van der Waals surface area contributed by atoms with Crippen molar-refractivity contribution in [3.05, 3.63) is 0 Å². The lowest BCUT2D eigenvalue weighted by Crippen LogP contribution is -2.48. The molecule has 0 fully saturated rings. The molecule has 0 aromatic carbocycles. The van der Waals surface area contributed by atoms with E-state index in [0.717, 1.165) is 12.8 Å². The molecule has 0 unspecified atom stereocenters. The van der Waals surface area contributed by atoms with Crippen molar-refractivity contribution >= 4 is 0 Å². The molecular formula is C15H33NO2. The van der Waals surface area contributed by atoms with Crippen molar-refractivity contribution in [2.75, 3.05) is 20.3 Å². The van der Waals surface area contributed by atoms with Crippen LogP contribution in [0.3, 0.4) is 0 Å². The minimum absolute atomic E-state index is 0.563. The number of unbranched alkanes of at least 4 members (excludes halogenated alkanes) is 6. The summed E-state index contributed by atoms with van der Waals surface area (Å²) in [5.41, 5.74) is 0. The number of nitrogens with one attached hydrogen (secondary N) is 1. The van der Waals surface area contributed by atoms with Crippen LogP contribution >= 0.6 is 0 Å². The van der Waals surface area contributed by atoms with Gasteiger partial charge in [-0.1, -0.05) is 45.4 Å². The van der Waals surface area contributed by atoms with Gasteiger partial charge in [-0.15, -0.1) is 0 Å². The monoisotopic (exact) mass is 259 g/mol. The lowest BCUT2D eigenvalue weighted by Gasteiger charge is -2.32. The van der Waals surface area contributed by atoms with E-state index in [4.69, 9.17) is 9.47 Å². The molecule has 0 aliphatic rings. The quantitative estimate of drug-likeness (QED) is 0.399. The standard InChI is InChI=1S/C15H33NO2/c1-5-8-9-10-11-12-13-14-15(16-4,17-6-2)18-7-3/h16H,5-14H2,1-4H3. The van der Waals surface area contributed by atoms with Gasteiger partial charge in [-0.2, -0.15) is 0 Å². The zero-order valence-electron chi connectivity index (χ0n) is 12.9. The van der Waals surface area contributed by atoms with Crippen LogP contribution in [0.4, 0.5) is 0 Å². The topological polar surface area (TPSA) is 30.5 Å². The first kappa shape index (κ1) is 17.9. The van der Waals surface area contributed by atoms with Crippen LogP contribution in [-0.4, -0.2) is 26.2 Å². The molecule has 0 aromatic rings. The van der Waals surface area contributed by atoms with E-state index in [0.29, 0.717) is 13.2 Å². The third kappa shape index (κ3) is 8.06. The minimum Gasteiger partial charge on any atom is -0.338 e. The Morgan fingerprint density at radius 2 is 1.28 bits per heavy atom. The summed E-state index contributed by atoms with van der Waals surface area (Å²) in [5, 5.41) is 3.18. The van der Waals surface area contributed by atoms with Crippen LogP contribution in [-0.2, 0) is 9.47 Å². The summed E-state index contributed by atoms with van der Waals surface area (Å²) in [6, 6.07) is 0. The second-order valence-electron chi connectivity index (χ2n) is 4.74. The van der Waals surface area contributed by atoms with Crippen LogP contribution in [0.1, 0.15) is 72.1 Å². The van der Waals surface area contributed by atoms with Gasteiger partial charge in [0.2, 0.25) is 5.91 Å². The fourth-order valence-corrected chi connectivity index (χ4v) is 2.24. The molecule has 0 amide bonds. The zero-order chi connectivity index (χ0) is 13.7. The number of rotatable bonds is 13. The summed E-state index contributed by atoms with van der Waals surface area (Å²) < 4.78 is 11.5. The first-order valence-corrected chi connectivity index (χ1v) is 7.71. The van der Waals surface area contributed by atoms with E-state index in [1.807, 2.05) is 20.9 Å². The van der Waals surface area contributed by atoms with Gasteiger partial charge in [0.1, 0.15) is 0 Å². The minimum atomic E-state index is -0.563. The Labute approximate surface area is 114 Å². The SMILES string of the molecule is CCCCCCCCCC(NC)(OCC)OCC. The second kappa shape index (κ2) is 11.9. The van der Waals surface area contributed by atoms with Crippen molar-refractivity contribution in [1.29, 1.82) is 0 Å². The maximum atomic E-state index is 5.73. The van der Waals surface area contributed by atoms with Crippen molar-refractivity contribution in [2.45, 2.75) is 78.0 Å². The molecule has 0 rings (SSSR count). The van der Waals surface area contributed by atoms with Crippen molar-refractivity contribution in [1.82, 2.24) is 5.32 Å². The highest BCUT2D eigenvalue weighted by atomic mass is 16.7. The van der Waals surface area contributed by atoms with Gasteiger partial charge in [0.15, 0.2) is 0 Å². The molecule has 3 nitrogen and oxygen atoms in total. The summed E-state index contributed by atoms with van der Waals surface area (Å²) in [4.78, 5) is 0. The van der Waals surface area contributed by atoms with Crippen molar-refractivity contribution in [3.63, 3.8) is 0 Å². The van der Waals surface area contributed by atoms with E-state index in [-0.39, 0.29) is 0 Å². The largest absolute Gasteiger partial charge is 0.338 e. The van der Waals surface area contributed by atoms with E-state index in [2.05, 4.69) is 12.2 Å². The first-order chi connectivity index (χ1) is 8.74. The van der Waals surface area contributed by atoms with E-state index in [1.165, 1.54) is 38.5 Å². The number of hydrogen-bond donors (Lipinski definition) is 1. The van der Waals surface area contributed by atoms with Crippen molar-refractivity contribution in [2.24, 2.45) is 0 Å². The van der Waals surface area contributed by atoms with Gasteiger partial charge >= 0.3 is 0 Å². The lowest BCUT2D eigenvalue weighted by molar-refractivity contribution is -0.254. The maximum absolute atomic E-state index is 5.73. The van der Waals surface area contributed by atoms with Gasteiger partial charge in [0, 0.05) is 19.6 Å². The van der Waals surface area contributed by atoms with E-state index in [9.17, 15) is 0 Å². The fourth-order valence-electron chi connectivity index (χ4n) is 2.24. The molecule has 3 heteroatoms. The highest BCUT2D eigenvalue weighted by molar-refractivity contribution is 4.65. The Morgan fingerprint density at radius 3 is 1.72 bits per heavy atom. The first-order valence-electron chi connectivity index (χ1n) is 7.71. The smallest absolute Gasteiger partial charge is 0.227 e. The average Bonchev–Trinajstić information content (AvgIpc) is 2.38. The van der Waals surface area contributed by atoms with Gasteiger partial charge in [-0.25, -0.2) is 0 Å². The van der Waals surface area contributed by atoms with E-state index >= 15 is 0 Å². The van der Waals surface area contributed by atoms with Gasteiger partial charge in [-0.05, 0) is 27.3 Å². The molecule has 1 N–H and O–H groups in total. The fraction of sp³-hybridized carbons (Fsp3) is 1.00. The molecule has 0 saturated heterocycles. The molecule has 0 saturated carbocycles. The van der Waals surface area contributed by atoms with Crippen molar-refractivity contribution < 1.29 is 9.47 Å². The number of hydrogen-bond acceptors (Lipinski definition) is 3. The Hall–Kier alpha value is -0.120. The van der Waals surface area contributed by atoms with Gasteiger partial charge in [0.25, 0.3) is 0 Å². The van der Waals surface area contributed by atoms with Gasteiger partial charge in [-0.3, -0.25) is 5.32 Å². The molecule has 0 bridgehead atoms. The van der Waals surface area contributed by atoms with Crippen molar-refractivity contribution in [3.8, 4) is 0 Å². The zero-order valence-corrected chi connectivity index (χ0v) is 12.9. The summed E-state index contributed by atoms with van der Waals surface area (Å²) in [6.07, 6.45) is 10.1. The Kier molecular flexibility index (Phi) is 11.9. The molecule has 110 valence electrons. The summed E-state index contributed by atoms with van der Waals surface area (Å²) in [5.74, 6) is -0.563. The van der Waals surface area contributed by atoms with Crippen LogP contribution in [0.15, 0.2) is 0 Å². The highest BCUT2D eigenvalue weighted by Crippen LogP contribution is 2.19. The molecule has 0 heterocycles. The highest BCUT2D eigenvalue weighted by Gasteiger charge is 2.28. The Balaban J connectivity index is 3.75.